The lowest BCUT2D eigenvalue weighted by molar-refractivity contribution is 0.580. The van der Waals surface area contributed by atoms with Gasteiger partial charge in [0.25, 0.3) is 0 Å². The number of nitrogens with one attached hydrogen (secondary N) is 1. The molecule has 2 rings (SSSR count). The van der Waals surface area contributed by atoms with E-state index in [9.17, 15) is 8.78 Å². The van der Waals surface area contributed by atoms with E-state index in [-0.39, 0.29) is 4.47 Å². The third-order valence-electron chi connectivity index (χ3n) is 2.62. The predicted octanol–water partition coefficient (Wildman–Crippen LogP) is 5.02. The lowest BCUT2D eigenvalue weighted by atomic mass is 10.2. The van der Waals surface area contributed by atoms with E-state index in [1.807, 2.05) is 13.8 Å². The molecule has 96 valence electrons. The first kappa shape index (κ1) is 13.5. The van der Waals surface area contributed by atoms with Gasteiger partial charge in [-0.3, -0.25) is 0 Å². The number of anilines is 1. The Morgan fingerprint density at radius 2 is 1.89 bits per heavy atom. The highest BCUT2D eigenvalue weighted by Gasteiger charge is 2.09. The molecule has 0 aliphatic carbocycles. The largest absolute Gasteiger partial charge is 0.379 e. The maximum atomic E-state index is 13.5. The van der Waals surface area contributed by atoms with Crippen molar-refractivity contribution in [3.8, 4) is 0 Å². The molecular formula is C13H12BrF2NS. The van der Waals surface area contributed by atoms with E-state index in [1.165, 1.54) is 15.8 Å². The lowest BCUT2D eigenvalue weighted by Crippen LogP contribution is -2.02. The Balaban J connectivity index is 2.15. The summed E-state index contributed by atoms with van der Waals surface area (Å²) >= 11 is 4.76. The quantitative estimate of drug-likeness (QED) is 0.779. The van der Waals surface area contributed by atoms with Gasteiger partial charge in [-0.25, -0.2) is 8.78 Å². The number of halogens is 3. The molecule has 0 atom stereocenters. The third kappa shape index (κ3) is 2.90. The summed E-state index contributed by atoms with van der Waals surface area (Å²) in [6, 6.07) is 4.36. The number of benzene rings is 1. The number of hydrogen-bond donors (Lipinski definition) is 1. The van der Waals surface area contributed by atoms with E-state index in [4.69, 9.17) is 0 Å². The van der Waals surface area contributed by atoms with Crippen molar-refractivity contribution in [1.82, 2.24) is 0 Å². The van der Waals surface area contributed by atoms with Crippen LogP contribution in [0.1, 0.15) is 15.3 Å². The molecule has 1 nitrogen and oxygen atoms in total. The average molecular weight is 332 g/mol. The van der Waals surface area contributed by atoms with Crippen LogP contribution in [-0.2, 0) is 6.54 Å². The van der Waals surface area contributed by atoms with E-state index < -0.39 is 11.6 Å². The van der Waals surface area contributed by atoms with Gasteiger partial charge in [-0.1, -0.05) is 0 Å². The molecule has 18 heavy (non-hydrogen) atoms. The van der Waals surface area contributed by atoms with Gasteiger partial charge in [0.15, 0.2) is 0 Å². The van der Waals surface area contributed by atoms with Gasteiger partial charge >= 0.3 is 0 Å². The zero-order valence-corrected chi connectivity index (χ0v) is 12.4. The minimum atomic E-state index is -0.597. The minimum Gasteiger partial charge on any atom is -0.379 e. The summed E-state index contributed by atoms with van der Waals surface area (Å²) in [6.45, 7) is 4.60. The molecule has 1 aromatic heterocycles. The van der Waals surface area contributed by atoms with Gasteiger partial charge in [0.05, 0.1) is 10.2 Å². The monoisotopic (exact) mass is 331 g/mol. The second-order valence-electron chi connectivity index (χ2n) is 4.04. The molecule has 1 heterocycles. The first-order valence-electron chi connectivity index (χ1n) is 5.41. The Hall–Kier alpha value is -0.940. The molecule has 0 spiro atoms. The predicted molar refractivity (Wildman–Crippen MR) is 75.2 cm³/mol. The van der Waals surface area contributed by atoms with Crippen molar-refractivity contribution in [3.63, 3.8) is 0 Å². The summed E-state index contributed by atoms with van der Waals surface area (Å²) < 4.78 is 26.8. The van der Waals surface area contributed by atoms with Crippen LogP contribution in [0.15, 0.2) is 22.7 Å². The molecule has 1 N–H and O–H groups in total. The summed E-state index contributed by atoms with van der Waals surface area (Å²) in [7, 11) is 0. The van der Waals surface area contributed by atoms with E-state index in [2.05, 4.69) is 27.3 Å². The Kier molecular flexibility index (Phi) is 4.02. The van der Waals surface area contributed by atoms with Crippen molar-refractivity contribution in [2.45, 2.75) is 20.4 Å². The van der Waals surface area contributed by atoms with Crippen LogP contribution in [0.5, 0.6) is 0 Å². The summed E-state index contributed by atoms with van der Waals surface area (Å²) in [6.07, 6.45) is 0. The molecule has 0 radical (unpaired) electrons. The summed E-state index contributed by atoms with van der Waals surface area (Å²) in [5, 5.41) is 2.99. The lowest BCUT2D eigenvalue weighted by Gasteiger charge is -2.08. The number of hydrogen-bond acceptors (Lipinski definition) is 2. The molecule has 0 unspecified atom stereocenters. The van der Waals surface area contributed by atoms with Crippen LogP contribution in [0.3, 0.4) is 0 Å². The van der Waals surface area contributed by atoms with E-state index >= 15 is 0 Å². The summed E-state index contributed by atoms with van der Waals surface area (Å²) in [5.41, 5.74) is 1.43. The Bertz CT molecular complexity index is 581. The molecule has 0 bridgehead atoms. The van der Waals surface area contributed by atoms with Crippen molar-refractivity contribution in [2.75, 3.05) is 5.32 Å². The smallest absolute Gasteiger partial charge is 0.149 e. The molecule has 0 fully saturated rings. The molecule has 0 amide bonds. The van der Waals surface area contributed by atoms with Crippen molar-refractivity contribution < 1.29 is 8.78 Å². The molecule has 0 saturated carbocycles. The van der Waals surface area contributed by atoms with Crippen LogP contribution in [0, 0.1) is 25.5 Å². The fourth-order valence-electron chi connectivity index (χ4n) is 1.71. The first-order chi connectivity index (χ1) is 8.47. The Labute approximate surface area is 117 Å². The van der Waals surface area contributed by atoms with Crippen molar-refractivity contribution in [3.05, 3.63) is 49.6 Å². The second kappa shape index (κ2) is 5.36. The Morgan fingerprint density at radius 3 is 2.50 bits per heavy atom. The second-order valence-corrected chi connectivity index (χ2v) is 6.35. The van der Waals surface area contributed by atoms with Crippen LogP contribution in [-0.4, -0.2) is 0 Å². The zero-order valence-electron chi connectivity index (χ0n) is 9.98. The van der Waals surface area contributed by atoms with Crippen molar-refractivity contribution in [2.24, 2.45) is 0 Å². The maximum Gasteiger partial charge on any atom is 0.149 e. The van der Waals surface area contributed by atoms with Crippen molar-refractivity contribution in [1.29, 1.82) is 0 Å². The average Bonchev–Trinajstić information content (AvgIpc) is 2.61. The van der Waals surface area contributed by atoms with Gasteiger partial charge in [0, 0.05) is 22.4 Å². The summed E-state index contributed by atoms with van der Waals surface area (Å²) in [5.74, 6) is -1.18. The fraction of sp³-hybridized carbons (Fsp3) is 0.231. The highest BCUT2D eigenvalue weighted by molar-refractivity contribution is 9.10. The molecule has 0 aliphatic heterocycles. The van der Waals surface area contributed by atoms with Crippen LogP contribution in [0.4, 0.5) is 14.5 Å². The van der Waals surface area contributed by atoms with Crippen LogP contribution in [0.25, 0.3) is 0 Å². The van der Waals surface area contributed by atoms with E-state index in [0.717, 1.165) is 11.6 Å². The first-order valence-corrected chi connectivity index (χ1v) is 7.02. The number of rotatable bonds is 3. The van der Waals surface area contributed by atoms with Crippen LogP contribution in [0.2, 0.25) is 0 Å². The molecule has 0 saturated heterocycles. The van der Waals surface area contributed by atoms with Gasteiger partial charge in [-0.15, -0.1) is 11.3 Å². The maximum absolute atomic E-state index is 13.5. The molecule has 2 aromatic rings. The van der Waals surface area contributed by atoms with E-state index in [0.29, 0.717) is 12.2 Å². The Morgan fingerprint density at radius 1 is 1.17 bits per heavy atom. The van der Waals surface area contributed by atoms with Gasteiger partial charge in [-0.2, -0.15) is 0 Å². The molecule has 5 heteroatoms. The number of thiophene rings is 1. The van der Waals surface area contributed by atoms with Gasteiger partial charge in [0.2, 0.25) is 0 Å². The topological polar surface area (TPSA) is 12.0 Å². The van der Waals surface area contributed by atoms with Crippen LogP contribution >= 0.6 is 27.3 Å². The molecule has 1 aromatic carbocycles. The van der Waals surface area contributed by atoms with E-state index in [1.54, 1.807) is 11.3 Å². The zero-order chi connectivity index (χ0) is 13.3. The minimum absolute atomic E-state index is 0.254. The summed E-state index contributed by atoms with van der Waals surface area (Å²) in [4.78, 5) is 2.44. The SMILES string of the molecule is Cc1cc(CNc2cc(Br)c(F)cc2F)c(C)s1. The molecule has 0 aliphatic rings. The van der Waals surface area contributed by atoms with Gasteiger partial charge < -0.3 is 5.32 Å². The van der Waals surface area contributed by atoms with Gasteiger partial charge in [-0.05, 0) is 47.5 Å². The molecular weight excluding hydrogens is 320 g/mol. The standard InChI is InChI=1S/C13H12BrF2NS/c1-7-3-9(8(2)18-7)6-17-13-4-10(14)11(15)5-12(13)16/h3-5,17H,6H2,1-2H3. The van der Waals surface area contributed by atoms with Gasteiger partial charge in [0.1, 0.15) is 11.6 Å². The normalized spacial score (nSPS) is 10.7. The fourth-order valence-corrected chi connectivity index (χ4v) is 3.00. The highest BCUT2D eigenvalue weighted by atomic mass is 79.9. The highest BCUT2D eigenvalue weighted by Crippen LogP contribution is 2.26. The van der Waals surface area contributed by atoms with Crippen LogP contribution < -0.4 is 5.32 Å². The third-order valence-corrected chi connectivity index (χ3v) is 4.24. The number of aryl methyl sites for hydroxylation is 2. The van der Waals surface area contributed by atoms with Crippen molar-refractivity contribution >= 4 is 33.0 Å².